The summed E-state index contributed by atoms with van der Waals surface area (Å²) in [6.07, 6.45) is 2.93. The summed E-state index contributed by atoms with van der Waals surface area (Å²) in [6.45, 7) is 12.2. The molecular weight excluding hydrogens is 286 g/mol. The minimum atomic E-state index is 0.176. The summed E-state index contributed by atoms with van der Waals surface area (Å²) in [4.78, 5) is 0. The van der Waals surface area contributed by atoms with Gasteiger partial charge < -0.3 is 10.1 Å². The Morgan fingerprint density at radius 3 is 2.57 bits per heavy atom. The Labute approximate surface area is 134 Å². The van der Waals surface area contributed by atoms with Crippen LogP contribution in [0.1, 0.15) is 45.5 Å². The molecule has 1 atom stereocenters. The maximum absolute atomic E-state index is 6.53. The van der Waals surface area contributed by atoms with Gasteiger partial charge in [-0.05, 0) is 31.6 Å². The molecule has 0 saturated heterocycles. The first kappa shape index (κ1) is 18.5. The minimum absolute atomic E-state index is 0.176. The third-order valence-electron chi connectivity index (χ3n) is 4.18. The van der Waals surface area contributed by atoms with Crippen LogP contribution in [0.3, 0.4) is 0 Å². The van der Waals surface area contributed by atoms with Gasteiger partial charge >= 0.3 is 0 Å². The number of ether oxygens (including phenoxy) is 1. The summed E-state index contributed by atoms with van der Waals surface area (Å²) in [7, 11) is 1.73. The number of halogens is 1. The fourth-order valence-corrected chi connectivity index (χ4v) is 2.80. The molecule has 1 aromatic rings. The zero-order chi connectivity index (χ0) is 15.9. The summed E-state index contributed by atoms with van der Waals surface area (Å²) in [5.41, 5.74) is 2.36. The van der Waals surface area contributed by atoms with Crippen LogP contribution in [0.4, 0.5) is 0 Å². The van der Waals surface area contributed by atoms with Gasteiger partial charge in [-0.3, -0.25) is 4.68 Å². The molecule has 1 N–H and O–H groups in total. The number of methoxy groups -OCH3 is 1. The van der Waals surface area contributed by atoms with Crippen LogP contribution in [-0.2, 0) is 24.1 Å². The fraction of sp³-hybridized carbons (Fsp3) is 0.812. The molecule has 1 unspecified atom stereocenters. The topological polar surface area (TPSA) is 39.1 Å². The maximum Gasteiger partial charge on any atom is 0.0850 e. The quantitative estimate of drug-likeness (QED) is 0.673. The molecule has 0 radical (unpaired) electrons. The molecule has 0 bridgehead atoms. The summed E-state index contributed by atoms with van der Waals surface area (Å²) in [5.74, 6) is 0. The molecule has 1 rings (SSSR count). The van der Waals surface area contributed by atoms with Gasteiger partial charge in [0.05, 0.1) is 23.0 Å². The van der Waals surface area contributed by atoms with E-state index in [0.717, 1.165) is 56.2 Å². The summed E-state index contributed by atoms with van der Waals surface area (Å²) in [5, 5.41) is 8.95. The van der Waals surface area contributed by atoms with Gasteiger partial charge in [0.15, 0.2) is 0 Å². The van der Waals surface area contributed by atoms with Crippen molar-refractivity contribution in [3.63, 3.8) is 0 Å². The number of nitrogens with one attached hydrogen (secondary N) is 1. The Morgan fingerprint density at radius 2 is 2.05 bits per heavy atom. The average molecular weight is 316 g/mol. The van der Waals surface area contributed by atoms with Crippen molar-refractivity contribution in [1.29, 1.82) is 0 Å². The van der Waals surface area contributed by atoms with Gasteiger partial charge in [0.25, 0.3) is 0 Å². The molecule has 4 nitrogen and oxygen atoms in total. The normalized spacial score (nSPS) is 14.4. The van der Waals surface area contributed by atoms with Gasteiger partial charge in [-0.15, -0.1) is 0 Å². The van der Waals surface area contributed by atoms with Crippen LogP contribution in [0.25, 0.3) is 0 Å². The molecule has 122 valence electrons. The standard InChI is InChI=1S/C16H30ClN3O/c1-6-13-15(17)14(20(8-3)19-13)11-16(4,7-2)12-18-9-10-21-5/h18H,6-12H2,1-5H3. The van der Waals surface area contributed by atoms with Crippen LogP contribution in [0, 0.1) is 5.41 Å². The lowest BCUT2D eigenvalue weighted by Crippen LogP contribution is -2.35. The van der Waals surface area contributed by atoms with E-state index in [-0.39, 0.29) is 5.41 Å². The van der Waals surface area contributed by atoms with E-state index in [1.807, 2.05) is 0 Å². The zero-order valence-electron chi connectivity index (χ0n) is 14.1. The van der Waals surface area contributed by atoms with Gasteiger partial charge in [-0.25, -0.2) is 0 Å². The second-order valence-corrected chi connectivity index (χ2v) is 6.27. The van der Waals surface area contributed by atoms with E-state index in [1.165, 1.54) is 5.69 Å². The smallest absolute Gasteiger partial charge is 0.0850 e. The molecule has 21 heavy (non-hydrogen) atoms. The SMILES string of the molecule is CCc1nn(CC)c(CC(C)(CC)CNCCOC)c1Cl. The molecule has 5 heteroatoms. The summed E-state index contributed by atoms with van der Waals surface area (Å²) >= 11 is 6.53. The van der Waals surface area contributed by atoms with E-state index in [9.17, 15) is 0 Å². The predicted molar refractivity (Wildman–Crippen MR) is 89.1 cm³/mol. The third-order valence-corrected chi connectivity index (χ3v) is 4.61. The van der Waals surface area contributed by atoms with E-state index in [0.29, 0.717) is 0 Å². The summed E-state index contributed by atoms with van der Waals surface area (Å²) in [6, 6.07) is 0. The molecule has 1 aromatic heterocycles. The number of aryl methyl sites for hydroxylation is 2. The van der Waals surface area contributed by atoms with E-state index in [1.54, 1.807) is 7.11 Å². The molecule has 0 saturated carbocycles. The van der Waals surface area contributed by atoms with E-state index >= 15 is 0 Å². The van der Waals surface area contributed by atoms with Crippen LogP contribution in [0.5, 0.6) is 0 Å². The number of hydrogen-bond donors (Lipinski definition) is 1. The van der Waals surface area contributed by atoms with Gasteiger partial charge in [0.2, 0.25) is 0 Å². The first-order valence-electron chi connectivity index (χ1n) is 7.95. The Bertz CT molecular complexity index is 433. The highest BCUT2D eigenvalue weighted by atomic mass is 35.5. The minimum Gasteiger partial charge on any atom is -0.383 e. The fourth-order valence-electron chi connectivity index (χ4n) is 2.47. The first-order chi connectivity index (χ1) is 10.0. The molecule has 0 spiro atoms. The molecule has 0 aromatic carbocycles. The molecular formula is C16H30ClN3O. The second kappa shape index (κ2) is 8.76. The van der Waals surface area contributed by atoms with Crippen LogP contribution < -0.4 is 5.32 Å². The van der Waals surface area contributed by atoms with Gasteiger partial charge in [0.1, 0.15) is 0 Å². The number of aromatic nitrogens is 2. The van der Waals surface area contributed by atoms with Gasteiger partial charge in [0, 0.05) is 26.7 Å². The molecule has 0 aliphatic carbocycles. The van der Waals surface area contributed by atoms with E-state index < -0.39 is 0 Å². The van der Waals surface area contributed by atoms with Gasteiger partial charge in [-0.2, -0.15) is 5.10 Å². The highest BCUT2D eigenvalue weighted by molar-refractivity contribution is 6.31. The average Bonchev–Trinajstić information content (AvgIpc) is 2.79. The highest BCUT2D eigenvalue weighted by Gasteiger charge is 2.26. The lowest BCUT2D eigenvalue weighted by Gasteiger charge is -2.29. The van der Waals surface area contributed by atoms with Crippen molar-refractivity contribution < 1.29 is 4.74 Å². The van der Waals surface area contributed by atoms with Crippen molar-refractivity contribution >= 4 is 11.6 Å². The van der Waals surface area contributed by atoms with Crippen molar-refractivity contribution in [2.24, 2.45) is 5.41 Å². The van der Waals surface area contributed by atoms with Crippen molar-refractivity contribution in [2.45, 2.75) is 53.5 Å². The Kier molecular flexibility index (Phi) is 7.71. The van der Waals surface area contributed by atoms with Crippen molar-refractivity contribution in [3.05, 3.63) is 16.4 Å². The molecule has 0 fully saturated rings. The van der Waals surface area contributed by atoms with E-state index in [4.69, 9.17) is 16.3 Å². The predicted octanol–water partition coefficient (Wildman–Crippen LogP) is 3.31. The summed E-state index contributed by atoms with van der Waals surface area (Å²) < 4.78 is 7.14. The van der Waals surface area contributed by atoms with Crippen LogP contribution in [-0.4, -0.2) is 36.6 Å². The van der Waals surface area contributed by atoms with Crippen molar-refractivity contribution in [1.82, 2.24) is 15.1 Å². The molecule has 0 amide bonds. The Hall–Kier alpha value is -0.580. The van der Waals surface area contributed by atoms with Gasteiger partial charge in [-0.1, -0.05) is 32.4 Å². The Balaban J connectivity index is 2.82. The largest absolute Gasteiger partial charge is 0.383 e. The van der Waals surface area contributed by atoms with Crippen molar-refractivity contribution in [3.8, 4) is 0 Å². The van der Waals surface area contributed by atoms with Crippen LogP contribution in [0.2, 0.25) is 5.02 Å². The van der Waals surface area contributed by atoms with Crippen molar-refractivity contribution in [2.75, 3.05) is 26.8 Å². The number of nitrogens with zero attached hydrogens (tertiary/aromatic N) is 2. The highest BCUT2D eigenvalue weighted by Crippen LogP contribution is 2.31. The molecule has 0 aliphatic rings. The number of hydrogen-bond acceptors (Lipinski definition) is 3. The zero-order valence-corrected chi connectivity index (χ0v) is 14.9. The second-order valence-electron chi connectivity index (χ2n) is 5.89. The van der Waals surface area contributed by atoms with Crippen LogP contribution in [0.15, 0.2) is 0 Å². The van der Waals surface area contributed by atoms with Crippen LogP contribution >= 0.6 is 11.6 Å². The number of rotatable bonds is 10. The lowest BCUT2D eigenvalue weighted by atomic mass is 9.82. The lowest BCUT2D eigenvalue weighted by molar-refractivity contribution is 0.190. The molecule has 0 aliphatic heterocycles. The molecule has 1 heterocycles. The first-order valence-corrected chi connectivity index (χ1v) is 8.32. The monoisotopic (exact) mass is 315 g/mol. The maximum atomic E-state index is 6.53. The Morgan fingerprint density at radius 1 is 1.33 bits per heavy atom. The van der Waals surface area contributed by atoms with E-state index in [2.05, 4.69) is 42.8 Å². The third kappa shape index (κ3) is 4.97.